The highest BCUT2D eigenvalue weighted by Gasteiger charge is 2.23. The van der Waals surface area contributed by atoms with E-state index in [2.05, 4.69) is 14.5 Å². The second-order valence-electron chi connectivity index (χ2n) is 10.6. The number of imidazole rings is 1. The summed E-state index contributed by atoms with van der Waals surface area (Å²) in [6, 6.07) is 17.5. The van der Waals surface area contributed by atoms with Crippen LogP contribution in [-0.4, -0.2) is 48.6 Å². The molecule has 1 N–H and O–H groups in total. The summed E-state index contributed by atoms with van der Waals surface area (Å²) in [4.78, 5) is 25.0. The van der Waals surface area contributed by atoms with Gasteiger partial charge < -0.3 is 14.6 Å². The predicted octanol–water partition coefficient (Wildman–Crippen LogP) is 4.74. The van der Waals surface area contributed by atoms with E-state index in [4.69, 9.17) is 4.98 Å². The van der Waals surface area contributed by atoms with E-state index in [0.717, 1.165) is 72.6 Å². The molecule has 0 radical (unpaired) electrons. The number of pyridine rings is 1. The Labute approximate surface area is 226 Å². The number of phenolic OH excluding ortho intramolecular Hbond substituents is 1. The van der Waals surface area contributed by atoms with Crippen LogP contribution in [-0.2, 0) is 19.4 Å². The number of piperidine rings is 1. The number of likely N-dealkylation sites (tertiary alicyclic amines) is 1. The number of aromatic hydroxyl groups is 1. The molecule has 6 rings (SSSR count). The number of fused-ring (bicyclic) bond motifs is 2. The van der Waals surface area contributed by atoms with Gasteiger partial charge in [-0.1, -0.05) is 18.2 Å². The summed E-state index contributed by atoms with van der Waals surface area (Å²) < 4.78 is 17.3. The monoisotopic (exact) mass is 525 g/mol. The molecule has 0 spiro atoms. The molecule has 7 nitrogen and oxygen atoms in total. The van der Waals surface area contributed by atoms with Crippen molar-refractivity contribution in [3.05, 3.63) is 106 Å². The summed E-state index contributed by atoms with van der Waals surface area (Å²) in [7, 11) is 0. The third kappa shape index (κ3) is 5.29. The summed E-state index contributed by atoms with van der Waals surface area (Å²) in [5.41, 5.74) is 5.06. The second-order valence-corrected chi connectivity index (χ2v) is 10.6. The van der Waals surface area contributed by atoms with Gasteiger partial charge in [0.1, 0.15) is 23.0 Å². The van der Waals surface area contributed by atoms with Crippen LogP contribution < -0.4 is 5.56 Å². The lowest BCUT2D eigenvalue weighted by Crippen LogP contribution is -2.37. The molecule has 2 aromatic carbocycles. The van der Waals surface area contributed by atoms with Crippen LogP contribution in [0.25, 0.3) is 16.7 Å². The van der Waals surface area contributed by atoms with Gasteiger partial charge in [0.25, 0.3) is 5.56 Å². The molecule has 1 fully saturated rings. The minimum absolute atomic E-state index is 0.0269. The van der Waals surface area contributed by atoms with Crippen LogP contribution in [0.15, 0.2) is 71.7 Å². The first kappa shape index (κ1) is 25.2. The van der Waals surface area contributed by atoms with Crippen molar-refractivity contribution in [1.29, 1.82) is 0 Å². The molecule has 8 heteroatoms. The normalized spacial score (nSPS) is 14.9. The number of nitrogens with zero attached hydrogens (tertiary/aromatic N) is 5. The highest BCUT2D eigenvalue weighted by atomic mass is 19.1. The minimum atomic E-state index is -0.247. The van der Waals surface area contributed by atoms with Gasteiger partial charge >= 0.3 is 0 Å². The quantitative estimate of drug-likeness (QED) is 0.332. The third-order valence-electron chi connectivity index (χ3n) is 7.96. The van der Waals surface area contributed by atoms with E-state index < -0.39 is 0 Å². The molecule has 0 unspecified atom stereocenters. The number of rotatable bonds is 7. The Morgan fingerprint density at radius 1 is 1.03 bits per heavy atom. The molecule has 4 heterocycles. The van der Waals surface area contributed by atoms with Crippen LogP contribution in [0.2, 0.25) is 0 Å². The molecule has 0 bridgehead atoms. The largest absolute Gasteiger partial charge is 0.508 e. The van der Waals surface area contributed by atoms with Crippen LogP contribution in [0.5, 0.6) is 5.75 Å². The fraction of sp³-hybridized carbons (Fsp3) is 0.323. The zero-order valence-corrected chi connectivity index (χ0v) is 22.1. The van der Waals surface area contributed by atoms with Crippen molar-refractivity contribution in [1.82, 2.24) is 23.8 Å². The Morgan fingerprint density at radius 3 is 2.62 bits per heavy atom. The van der Waals surface area contributed by atoms with E-state index >= 15 is 0 Å². The van der Waals surface area contributed by atoms with Gasteiger partial charge in [-0.05, 0) is 87.2 Å². The molecule has 3 aromatic heterocycles. The van der Waals surface area contributed by atoms with Crippen molar-refractivity contribution >= 4 is 16.7 Å². The summed E-state index contributed by atoms with van der Waals surface area (Å²) in [6.45, 7) is 5.32. The number of halogens is 1. The average molecular weight is 526 g/mol. The molecule has 1 aliphatic rings. The number of hydrogen-bond acceptors (Lipinski definition) is 5. The molecule has 0 saturated carbocycles. The van der Waals surface area contributed by atoms with Crippen molar-refractivity contribution in [2.45, 2.75) is 39.2 Å². The minimum Gasteiger partial charge on any atom is -0.508 e. The number of aromatic nitrogens is 4. The van der Waals surface area contributed by atoms with Crippen molar-refractivity contribution in [2.75, 3.05) is 19.6 Å². The van der Waals surface area contributed by atoms with Crippen LogP contribution in [0.1, 0.15) is 35.5 Å². The van der Waals surface area contributed by atoms with Gasteiger partial charge in [0.15, 0.2) is 0 Å². The van der Waals surface area contributed by atoms with E-state index in [-0.39, 0.29) is 17.1 Å². The zero-order chi connectivity index (χ0) is 26.9. The predicted molar refractivity (Wildman–Crippen MR) is 150 cm³/mol. The maximum atomic E-state index is 13.5. The maximum Gasteiger partial charge on any atom is 0.261 e. The lowest BCUT2D eigenvalue weighted by atomic mass is 9.93. The van der Waals surface area contributed by atoms with Gasteiger partial charge in [-0.2, -0.15) is 0 Å². The van der Waals surface area contributed by atoms with Crippen LogP contribution in [0.4, 0.5) is 4.39 Å². The Bertz CT molecular complexity index is 1680. The molecule has 5 aromatic rings. The Kier molecular flexibility index (Phi) is 6.87. The molecular formula is C31H32FN5O2. The summed E-state index contributed by atoms with van der Waals surface area (Å²) in [5.74, 6) is 1.44. The number of hydrogen-bond donors (Lipinski definition) is 1. The number of phenols is 1. The van der Waals surface area contributed by atoms with Crippen LogP contribution in [0.3, 0.4) is 0 Å². The second kappa shape index (κ2) is 10.6. The number of benzene rings is 2. The standard InChI is InChI=1S/C31H32FN5O2/c1-21-26(31(39)36-14-3-2-4-29(36)33-21)13-17-35-15-11-22(12-16-35)18-30-34-27-19-25(38)9-10-28(27)37(30)20-23-5-7-24(32)8-6-23/h2-10,14,19,22,38H,11-13,15-18,20H2,1H3. The van der Waals surface area contributed by atoms with Crippen molar-refractivity contribution < 1.29 is 9.50 Å². The topological polar surface area (TPSA) is 75.7 Å². The fourth-order valence-corrected chi connectivity index (χ4v) is 5.74. The average Bonchev–Trinajstić information content (AvgIpc) is 3.26. The van der Waals surface area contributed by atoms with Gasteiger partial charge in [-0.25, -0.2) is 14.4 Å². The van der Waals surface area contributed by atoms with Crippen molar-refractivity contribution in [3.63, 3.8) is 0 Å². The fourth-order valence-electron chi connectivity index (χ4n) is 5.74. The van der Waals surface area contributed by atoms with Crippen LogP contribution >= 0.6 is 0 Å². The van der Waals surface area contributed by atoms with E-state index in [0.29, 0.717) is 24.5 Å². The van der Waals surface area contributed by atoms with Crippen LogP contribution in [0, 0.1) is 18.7 Å². The lowest BCUT2D eigenvalue weighted by molar-refractivity contribution is 0.184. The van der Waals surface area contributed by atoms with E-state index in [9.17, 15) is 14.3 Å². The maximum absolute atomic E-state index is 13.5. The molecule has 0 aliphatic carbocycles. The molecule has 0 amide bonds. The van der Waals surface area contributed by atoms with E-state index in [1.54, 1.807) is 22.7 Å². The summed E-state index contributed by atoms with van der Waals surface area (Å²) in [5, 5.41) is 10.00. The number of aryl methyl sites for hydroxylation is 1. The van der Waals surface area contributed by atoms with Gasteiger partial charge in [0, 0.05) is 43.0 Å². The highest BCUT2D eigenvalue weighted by Crippen LogP contribution is 2.27. The smallest absolute Gasteiger partial charge is 0.261 e. The molecule has 200 valence electrons. The van der Waals surface area contributed by atoms with Gasteiger partial charge in [-0.3, -0.25) is 9.20 Å². The Hall–Kier alpha value is -4.04. The molecule has 0 atom stereocenters. The van der Waals surface area contributed by atoms with Gasteiger partial charge in [0.05, 0.1) is 11.0 Å². The molecular weight excluding hydrogens is 493 g/mol. The van der Waals surface area contributed by atoms with E-state index in [1.807, 2.05) is 43.3 Å². The Morgan fingerprint density at radius 2 is 1.82 bits per heavy atom. The first-order chi connectivity index (χ1) is 18.9. The van der Waals surface area contributed by atoms with E-state index in [1.165, 1.54) is 12.1 Å². The lowest BCUT2D eigenvalue weighted by Gasteiger charge is -2.32. The van der Waals surface area contributed by atoms with Gasteiger partial charge in [-0.15, -0.1) is 0 Å². The first-order valence-electron chi connectivity index (χ1n) is 13.6. The molecule has 1 saturated heterocycles. The van der Waals surface area contributed by atoms with Crippen molar-refractivity contribution in [2.24, 2.45) is 5.92 Å². The third-order valence-corrected chi connectivity index (χ3v) is 7.96. The first-order valence-corrected chi connectivity index (χ1v) is 13.6. The SMILES string of the molecule is Cc1nc2ccccn2c(=O)c1CCN1CCC(Cc2nc3cc(O)ccc3n2Cc2ccc(F)cc2)CC1. The summed E-state index contributed by atoms with van der Waals surface area (Å²) >= 11 is 0. The molecule has 39 heavy (non-hydrogen) atoms. The Balaban J connectivity index is 1.13. The summed E-state index contributed by atoms with van der Waals surface area (Å²) in [6.07, 6.45) is 5.43. The van der Waals surface area contributed by atoms with Crippen molar-refractivity contribution in [3.8, 4) is 5.75 Å². The molecule has 1 aliphatic heterocycles. The zero-order valence-electron chi connectivity index (χ0n) is 22.1. The van der Waals surface area contributed by atoms with Gasteiger partial charge in [0.2, 0.25) is 0 Å². The highest BCUT2D eigenvalue weighted by molar-refractivity contribution is 5.77.